The smallest absolute Gasteiger partial charge is 0.172 e. The Kier molecular flexibility index (Phi) is 2.61. The maximum absolute atomic E-state index is 14.2. The molecule has 0 spiro atoms. The van der Waals surface area contributed by atoms with Crippen molar-refractivity contribution in [2.24, 2.45) is 0 Å². The molecule has 1 saturated heterocycles. The summed E-state index contributed by atoms with van der Waals surface area (Å²) in [6, 6.07) is 5.42. The van der Waals surface area contributed by atoms with Crippen molar-refractivity contribution in [1.82, 2.24) is 4.90 Å². The number of hydrogen-bond donors (Lipinski definition) is 0. The lowest BCUT2D eigenvalue weighted by Crippen LogP contribution is -2.35. The summed E-state index contributed by atoms with van der Waals surface area (Å²) in [4.78, 5) is 2.14. The molecule has 3 rings (SSSR count). The summed E-state index contributed by atoms with van der Waals surface area (Å²) in [5.74, 6) is -0.298. The molecule has 2 aromatic rings. The largest absolute Gasteiger partial charge is 0.461 e. The lowest BCUT2D eigenvalue weighted by atomic mass is 10.1. The van der Waals surface area contributed by atoms with Gasteiger partial charge < -0.3 is 14.1 Å². The summed E-state index contributed by atoms with van der Waals surface area (Å²) >= 11 is 0. The number of likely N-dealkylation sites (N-methyl/N-ethyl adjacent to an activating group) is 1. The average molecular weight is 235 g/mol. The van der Waals surface area contributed by atoms with Crippen LogP contribution in [0.5, 0.6) is 0 Å². The quantitative estimate of drug-likeness (QED) is 0.759. The van der Waals surface area contributed by atoms with Gasteiger partial charge in [0.05, 0.1) is 19.0 Å². The van der Waals surface area contributed by atoms with Crippen LogP contribution >= 0.6 is 0 Å². The van der Waals surface area contributed by atoms with Crippen molar-refractivity contribution in [2.45, 2.75) is 6.10 Å². The van der Waals surface area contributed by atoms with E-state index >= 15 is 0 Å². The number of fused-ring (bicyclic) bond motifs is 1. The van der Waals surface area contributed by atoms with E-state index in [0.29, 0.717) is 24.3 Å². The SMILES string of the molecule is CN1CCOC(c2ccc3ccoc3c2F)C1. The van der Waals surface area contributed by atoms with Gasteiger partial charge in [0.25, 0.3) is 0 Å². The van der Waals surface area contributed by atoms with E-state index in [0.717, 1.165) is 11.9 Å². The highest BCUT2D eigenvalue weighted by atomic mass is 19.1. The number of rotatable bonds is 1. The molecule has 1 unspecified atom stereocenters. The summed E-state index contributed by atoms with van der Waals surface area (Å²) in [5, 5.41) is 0.787. The second kappa shape index (κ2) is 4.13. The average Bonchev–Trinajstić information content (AvgIpc) is 2.78. The van der Waals surface area contributed by atoms with Crippen LogP contribution < -0.4 is 0 Å². The van der Waals surface area contributed by atoms with Crippen molar-refractivity contribution in [3.8, 4) is 0 Å². The molecule has 1 aromatic carbocycles. The van der Waals surface area contributed by atoms with E-state index < -0.39 is 0 Å². The second-order valence-corrected chi connectivity index (χ2v) is 4.43. The molecule has 3 nitrogen and oxygen atoms in total. The van der Waals surface area contributed by atoms with E-state index in [1.807, 2.05) is 13.1 Å². The first-order valence-electron chi connectivity index (χ1n) is 5.71. The van der Waals surface area contributed by atoms with Crippen molar-refractivity contribution >= 4 is 11.0 Å². The molecular weight excluding hydrogens is 221 g/mol. The molecule has 0 amide bonds. The summed E-state index contributed by atoms with van der Waals surface area (Å²) in [7, 11) is 2.01. The van der Waals surface area contributed by atoms with Crippen LogP contribution in [0.3, 0.4) is 0 Å². The molecule has 0 radical (unpaired) electrons. The van der Waals surface area contributed by atoms with Crippen LogP contribution in [0, 0.1) is 5.82 Å². The maximum atomic E-state index is 14.2. The molecule has 1 aromatic heterocycles. The number of furan rings is 1. The highest BCUT2D eigenvalue weighted by Gasteiger charge is 2.24. The Morgan fingerprint density at radius 3 is 3.06 bits per heavy atom. The molecule has 17 heavy (non-hydrogen) atoms. The van der Waals surface area contributed by atoms with Gasteiger partial charge in [0.2, 0.25) is 0 Å². The zero-order chi connectivity index (χ0) is 11.8. The molecule has 0 N–H and O–H groups in total. The summed E-state index contributed by atoms with van der Waals surface area (Å²) in [5.41, 5.74) is 0.901. The fourth-order valence-electron chi connectivity index (χ4n) is 2.23. The van der Waals surface area contributed by atoms with Crippen LogP contribution in [-0.2, 0) is 4.74 Å². The lowest BCUT2D eigenvalue weighted by molar-refractivity contribution is -0.0225. The van der Waals surface area contributed by atoms with Gasteiger partial charge in [-0.1, -0.05) is 12.1 Å². The van der Waals surface area contributed by atoms with Gasteiger partial charge in [-0.25, -0.2) is 4.39 Å². The van der Waals surface area contributed by atoms with Crippen LogP contribution in [-0.4, -0.2) is 31.6 Å². The number of ether oxygens (including phenoxy) is 1. The van der Waals surface area contributed by atoms with Gasteiger partial charge >= 0.3 is 0 Å². The fraction of sp³-hybridized carbons (Fsp3) is 0.385. The molecule has 1 aliphatic heterocycles. The van der Waals surface area contributed by atoms with Crippen LogP contribution in [0.1, 0.15) is 11.7 Å². The Morgan fingerprint density at radius 1 is 1.35 bits per heavy atom. The Balaban J connectivity index is 2.01. The molecule has 90 valence electrons. The number of nitrogens with zero attached hydrogens (tertiary/aromatic N) is 1. The maximum Gasteiger partial charge on any atom is 0.172 e. The monoisotopic (exact) mass is 235 g/mol. The van der Waals surface area contributed by atoms with E-state index in [4.69, 9.17) is 9.15 Å². The summed E-state index contributed by atoms with van der Waals surface area (Å²) < 4.78 is 25.0. The van der Waals surface area contributed by atoms with Crippen LogP contribution in [0.4, 0.5) is 4.39 Å². The van der Waals surface area contributed by atoms with E-state index in [-0.39, 0.29) is 11.9 Å². The lowest BCUT2D eigenvalue weighted by Gasteiger charge is -2.30. The number of benzene rings is 1. The molecule has 1 fully saturated rings. The van der Waals surface area contributed by atoms with Crippen LogP contribution in [0.25, 0.3) is 11.0 Å². The number of halogens is 1. The first-order chi connectivity index (χ1) is 8.25. The molecule has 1 atom stereocenters. The Hall–Kier alpha value is -1.39. The standard InChI is InChI=1S/C13H14FNO2/c1-15-5-7-16-11(8-15)10-3-2-9-4-6-17-13(9)12(10)14/h2-4,6,11H,5,7-8H2,1H3. The normalized spacial score (nSPS) is 22.1. The van der Waals surface area contributed by atoms with Crippen molar-refractivity contribution in [3.63, 3.8) is 0 Å². The van der Waals surface area contributed by atoms with E-state index in [1.165, 1.54) is 6.26 Å². The zero-order valence-electron chi connectivity index (χ0n) is 9.65. The zero-order valence-corrected chi connectivity index (χ0v) is 9.65. The van der Waals surface area contributed by atoms with E-state index in [9.17, 15) is 4.39 Å². The molecule has 0 bridgehead atoms. The van der Waals surface area contributed by atoms with Gasteiger partial charge in [-0.15, -0.1) is 0 Å². The van der Waals surface area contributed by atoms with Gasteiger partial charge in [-0.05, 0) is 13.1 Å². The third kappa shape index (κ3) is 1.83. The minimum absolute atomic E-state index is 0.205. The topological polar surface area (TPSA) is 25.6 Å². The molecule has 0 aliphatic carbocycles. The minimum atomic E-state index is -0.298. The molecule has 2 heterocycles. The number of morpholine rings is 1. The third-order valence-corrected chi connectivity index (χ3v) is 3.21. The molecular formula is C13H14FNO2. The number of hydrogen-bond acceptors (Lipinski definition) is 3. The highest BCUT2D eigenvalue weighted by Crippen LogP contribution is 2.29. The van der Waals surface area contributed by atoms with Gasteiger partial charge in [0.15, 0.2) is 11.4 Å². The van der Waals surface area contributed by atoms with Gasteiger partial charge in [0, 0.05) is 24.0 Å². The van der Waals surface area contributed by atoms with Crippen molar-refractivity contribution in [1.29, 1.82) is 0 Å². The second-order valence-electron chi connectivity index (χ2n) is 4.43. The van der Waals surface area contributed by atoms with E-state index in [1.54, 1.807) is 12.1 Å². The van der Waals surface area contributed by atoms with Crippen molar-refractivity contribution in [3.05, 3.63) is 35.8 Å². The van der Waals surface area contributed by atoms with Gasteiger partial charge in [-0.2, -0.15) is 0 Å². The Labute approximate surface area is 98.8 Å². The van der Waals surface area contributed by atoms with Gasteiger partial charge in [-0.3, -0.25) is 0 Å². The fourth-order valence-corrected chi connectivity index (χ4v) is 2.23. The van der Waals surface area contributed by atoms with Gasteiger partial charge in [0.1, 0.15) is 0 Å². The molecule has 4 heteroatoms. The third-order valence-electron chi connectivity index (χ3n) is 3.21. The molecule has 0 saturated carbocycles. The Morgan fingerprint density at radius 2 is 2.24 bits per heavy atom. The van der Waals surface area contributed by atoms with Crippen molar-refractivity contribution < 1.29 is 13.5 Å². The predicted octanol–water partition coefficient (Wildman–Crippen LogP) is 2.58. The highest BCUT2D eigenvalue weighted by molar-refractivity contribution is 5.78. The minimum Gasteiger partial charge on any atom is -0.461 e. The van der Waals surface area contributed by atoms with Crippen LogP contribution in [0.15, 0.2) is 28.9 Å². The summed E-state index contributed by atoms with van der Waals surface area (Å²) in [6.07, 6.45) is 1.30. The Bertz CT molecular complexity index is 537. The van der Waals surface area contributed by atoms with E-state index in [2.05, 4.69) is 4.90 Å². The first kappa shape index (κ1) is 10.7. The van der Waals surface area contributed by atoms with Crippen LogP contribution in [0.2, 0.25) is 0 Å². The summed E-state index contributed by atoms with van der Waals surface area (Å²) in [6.45, 7) is 2.24. The predicted molar refractivity (Wildman–Crippen MR) is 62.4 cm³/mol. The van der Waals surface area contributed by atoms with Crippen molar-refractivity contribution in [2.75, 3.05) is 26.7 Å². The first-order valence-corrected chi connectivity index (χ1v) is 5.71. The molecule has 1 aliphatic rings.